The Labute approximate surface area is 77.7 Å². The Morgan fingerprint density at radius 3 is 3.08 bits per heavy atom. The minimum Gasteiger partial charge on any atom is -0.375 e. The summed E-state index contributed by atoms with van der Waals surface area (Å²) in [5.74, 6) is -0.148. The summed E-state index contributed by atoms with van der Waals surface area (Å²) in [6.07, 6.45) is 0. The molecule has 0 aliphatic heterocycles. The molecule has 1 aromatic rings. The smallest absolute Gasteiger partial charge is 0.250 e. The SMILES string of the molecule is COCC(=O)Nc1c[c]ccc1C. The van der Waals surface area contributed by atoms with E-state index >= 15 is 0 Å². The van der Waals surface area contributed by atoms with Crippen LogP contribution in [-0.4, -0.2) is 19.6 Å². The molecule has 1 N–H and O–H groups in total. The quantitative estimate of drug-likeness (QED) is 0.759. The van der Waals surface area contributed by atoms with Crippen molar-refractivity contribution < 1.29 is 9.53 Å². The van der Waals surface area contributed by atoms with Crippen LogP contribution in [0.1, 0.15) is 5.56 Å². The molecule has 1 radical (unpaired) electrons. The van der Waals surface area contributed by atoms with E-state index in [2.05, 4.69) is 11.4 Å². The Kier molecular flexibility index (Phi) is 3.46. The minimum absolute atomic E-state index is 0.0777. The molecule has 69 valence electrons. The third-order valence-electron chi connectivity index (χ3n) is 1.63. The lowest BCUT2D eigenvalue weighted by Gasteiger charge is -2.06. The molecule has 0 unspecified atom stereocenters. The predicted octanol–water partition coefficient (Wildman–Crippen LogP) is 1.38. The van der Waals surface area contributed by atoms with Crippen molar-refractivity contribution in [3.05, 3.63) is 29.8 Å². The third kappa shape index (κ3) is 2.87. The highest BCUT2D eigenvalue weighted by Gasteiger charge is 2.02. The monoisotopic (exact) mass is 178 g/mol. The minimum atomic E-state index is -0.148. The number of nitrogens with one attached hydrogen (secondary N) is 1. The van der Waals surface area contributed by atoms with Crippen LogP contribution in [-0.2, 0) is 9.53 Å². The molecule has 0 aliphatic carbocycles. The fourth-order valence-electron chi connectivity index (χ4n) is 0.960. The molecule has 0 aliphatic rings. The summed E-state index contributed by atoms with van der Waals surface area (Å²) in [5.41, 5.74) is 1.80. The predicted molar refractivity (Wildman–Crippen MR) is 50.5 cm³/mol. The van der Waals surface area contributed by atoms with Gasteiger partial charge in [-0.15, -0.1) is 0 Å². The largest absolute Gasteiger partial charge is 0.375 e. The van der Waals surface area contributed by atoms with Gasteiger partial charge in [0.05, 0.1) is 0 Å². The van der Waals surface area contributed by atoms with Crippen LogP contribution in [0.15, 0.2) is 18.2 Å². The summed E-state index contributed by atoms with van der Waals surface area (Å²) in [4.78, 5) is 11.1. The second-order valence-electron chi connectivity index (χ2n) is 2.72. The van der Waals surface area contributed by atoms with Gasteiger partial charge in [0, 0.05) is 12.8 Å². The zero-order valence-corrected chi connectivity index (χ0v) is 7.76. The number of rotatable bonds is 3. The molecule has 0 fully saturated rings. The third-order valence-corrected chi connectivity index (χ3v) is 1.63. The van der Waals surface area contributed by atoms with Crippen molar-refractivity contribution in [3.63, 3.8) is 0 Å². The molecule has 3 nitrogen and oxygen atoms in total. The highest BCUT2D eigenvalue weighted by Crippen LogP contribution is 2.12. The van der Waals surface area contributed by atoms with Gasteiger partial charge in [-0.05, 0) is 24.6 Å². The van der Waals surface area contributed by atoms with Gasteiger partial charge >= 0.3 is 0 Å². The molecule has 0 saturated heterocycles. The molecule has 3 heteroatoms. The maximum atomic E-state index is 11.1. The number of ether oxygens (including phenoxy) is 1. The molecule has 0 heterocycles. The number of carbonyl (C=O) groups is 1. The van der Waals surface area contributed by atoms with Gasteiger partial charge in [-0.3, -0.25) is 4.79 Å². The van der Waals surface area contributed by atoms with Gasteiger partial charge in [-0.25, -0.2) is 0 Å². The van der Waals surface area contributed by atoms with Crippen molar-refractivity contribution in [2.45, 2.75) is 6.92 Å². The number of hydrogen-bond acceptors (Lipinski definition) is 2. The highest BCUT2D eigenvalue weighted by atomic mass is 16.5. The molecule has 0 spiro atoms. The van der Waals surface area contributed by atoms with E-state index in [0.29, 0.717) is 0 Å². The number of benzene rings is 1. The summed E-state index contributed by atoms with van der Waals surface area (Å²) in [5, 5.41) is 2.72. The molecule has 1 rings (SSSR count). The van der Waals surface area contributed by atoms with Crippen molar-refractivity contribution in [1.29, 1.82) is 0 Å². The van der Waals surface area contributed by atoms with Crippen LogP contribution in [0.2, 0.25) is 0 Å². The number of carbonyl (C=O) groups excluding carboxylic acids is 1. The van der Waals surface area contributed by atoms with Gasteiger partial charge in [0.15, 0.2) is 0 Å². The van der Waals surface area contributed by atoms with Crippen molar-refractivity contribution in [3.8, 4) is 0 Å². The fraction of sp³-hybridized carbons (Fsp3) is 0.300. The average Bonchev–Trinajstić information content (AvgIpc) is 2.09. The highest BCUT2D eigenvalue weighted by molar-refractivity contribution is 5.92. The first-order valence-electron chi connectivity index (χ1n) is 3.99. The van der Waals surface area contributed by atoms with E-state index < -0.39 is 0 Å². The summed E-state index contributed by atoms with van der Waals surface area (Å²) >= 11 is 0. The van der Waals surface area contributed by atoms with Crippen molar-refractivity contribution in [2.24, 2.45) is 0 Å². The normalized spacial score (nSPS) is 9.69. The molecule has 0 aromatic heterocycles. The summed E-state index contributed by atoms with van der Waals surface area (Å²) in [6, 6.07) is 8.33. The van der Waals surface area contributed by atoms with Crippen LogP contribution >= 0.6 is 0 Å². The van der Waals surface area contributed by atoms with E-state index in [-0.39, 0.29) is 12.5 Å². The Hall–Kier alpha value is -1.35. The van der Waals surface area contributed by atoms with Gasteiger partial charge < -0.3 is 10.1 Å². The van der Waals surface area contributed by atoms with Crippen LogP contribution in [0.3, 0.4) is 0 Å². The molecule has 13 heavy (non-hydrogen) atoms. The molecule has 1 amide bonds. The van der Waals surface area contributed by atoms with E-state index in [1.807, 2.05) is 13.0 Å². The Morgan fingerprint density at radius 1 is 1.69 bits per heavy atom. The molecular formula is C10H12NO2. The van der Waals surface area contributed by atoms with Crippen LogP contribution in [0.4, 0.5) is 5.69 Å². The van der Waals surface area contributed by atoms with Gasteiger partial charge in [0.2, 0.25) is 5.91 Å². The average molecular weight is 178 g/mol. The first-order chi connectivity index (χ1) is 6.24. The van der Waals surface area contributed by atoms with Crippen LogP contribution in [0.5, 0.6) is 0 Å². The second-order valence-corrected chi connectivity index (χ2v) is 2.72. The zero-order chi connectivity index (χ0) is 9.68. The standard InChI is InChI=1S/C10H12NO2/c1-8-5-3-4-6-9(8)11-10(12)7-13-2/h3,5-6H,7H2,1-2H3,(H,11,12). The molecule has 0 bridgehead atoms. The van der Waals surface area contributed by atoms with Crippen molar-refractivity contribution >= 4 is 11.6 Å². The van der Waals surface area contributed by atoms with Gasteiger partial charge in [0.25, 0.3) is 0 Å². The molecule has 1 aromatic carbocycles. The fourth-order valence-corrected chi connectivity index (χ4v) is 0.960. The number of methoxy groups -OCH3 is 1. The lowest BCUT2D eigenvalue weighted by Crippen LogP contribution is -2.17. The van der Waals surface area contributed by atoms with Gasteiger partial charge in [0.1, 0.15) is 6.61 Å². The first-order valence-corrected chi connectivity index (χ1v) is 3.99. The van der Waals surface area contributed by atoms with E-state index in [9.17, 15) is 4.79 Å². The van der Waals surface area contributed by atoms with Gasteiger partial charge in [-0.2, -0.15) is 0 Å². The van der Waals surface area contributed by atoms with Crippen LogP contribution in [0.25, 0.3) is 0 Å². The van der Waals surface area contributed by atoms with E-state index in [4.69, 9.17) is 4.74 Å². The van der Waals surface area contributed by atoms with Gasteiger partial charge in [-0.1, -0.05) is 12.1 Å². The van der Waals surface area contributed by atoms with Crippen molar-refractivity contribution in [2.75, 3.05) is 19.0 Å². The number of anilines is 1. The van der Waals surface area contributed by atoms with E-state index in [1.165, 1.54) is 7.11 Å². The lowest BCUT2D eigenvalue weighted by atomic mass is 10.2. The number of hydrogen-bond donors (Lipinski definition) is 1. The van der Waals surface area contributed by atoms with Crippen LogP contribution in [0, 0.1) is 13.0 Å². The lowest BCUT2D eigenvalue weighted by molar-refractivity contribution is -0.119. The molecular weight excluding hydrogens is 166 g/mol. The Balaban J connectivity index is 2.63. The molecule has 0 atom stereocenters. The van der Waals surface area contributed by atoms with Crippen molar-refractivity contribution in [1.82, 2.24) is 0 Å². The summed E-state index contributed by atoms with van der Waals surface area (Å²) in [6.45, 7) is 2.00. The Morgan fingerprint density at radius 2 is 2.46 bits per heavy atom. The second kappa shape index (κ2) is 4.62. The Bertz CT molecular complexity index is 297. The van der Waals surface area contributed by atoms with E-state index in [0.717, 1.165) is 11.3 Å². The van der Waals surface area contributed by atoms with E-state index in [1.54, 1.807) is 12.1 Å². The topological polar surface area (TPSA) is 38.3 Å². The maximum absolute atomic E-state index is 11.1. The van der Waals surface area contributed by atoms with Crippen LogP contribution < -0.4 is 5.32 Å². The summed E-state index contributed by atoms with van der Waals surface area (Å²) < 4.78 is 4.69. The number of amides is 1. The molecule has 0 saturated carbocycles. The number of aryl methyl sites for hydroxylation is 1. The summed E-state index contributed by atoms with van der Waals surface area (Å²) in [7, 11) is 1.49. The maximum Gasteiger partial charge on any atom is 0.250 e. The first kappa shape index (κ1) is 9.74. The zero-order valence-electron chi connectivity index (χ0n) is 7.76.